The van der Waals surface area contributed by atoms with Crippen LogP contribution >= 0.6 is 0 Å². The van der Waals surface area contributed by atoms with Crippen LogP contribution in [0.2, 0.25) is 0 Å². The summed E-state index contributed by atoms with van der Waals surface area (Å²) in [6.45, 7) is 2.89. The second-order valence-electron chi connectivity index (χ2n) is 7.17. The molecule has 6 nitrogen and oxygen atoms in total. The fourth-order valence-electron chi connectivity index (χ4n) is 3.96. The SMILES string of the molecule is CCS(=O)(=O)N1CCC(c2c[nH]c3ccc(-c4ccc(OC)nc4)cc23)CC1. The van der Waals surface area contributed by atoms with Gasteiger partial charge in [-0.3, -0.25) is 0 Å². The second kappa shape index (κ2) is 7.56. The number of hydrogen-bond acceptors (Lipinski definition) is 4. The predicted molar refractivity (Wildman–Crippen MR) is 111 cm³/mol. The lowest BCUT2D eigenvalue weighted by molar-refractivity contribution is 0.321. The molecule has 0 amide bonds. The molecule has 1 N–H and O–H groups in total. The summed E-state index contributed by atoms with van der Waals surface area (Å²) >= 11 is 0. The van der Waals surface area contributed by atoms with E-state index in [0.29, 0.717) is 24.9 Å². The molecule has 1 saturated heterocycles. The van der Waals surface area contributed by atoms with Crippen molar-refractivity contribution < 1.29 is 13.2 Å². The first-order valence-electron chi connectivity index (χ1n) is 9.61. The van der Waals surface area contributed by atoms with E-state index in [4.69, 9.17) is 4.74 Å². The maximum absolute atomic E-state index is 12.1. The molecule has 148 valence electrons. The Bertz CT molecular complexity index is 1070. The van der Waals surface area contributed by atoms with E-state index in [1.165, 1.54) is 10.9 Å². The molecule has 4 rings (SSSR count). The second-order valence-corrected chi connectivity index (χ2v) is 9.43. The van der Waals surface area contributed by atoms with Gasteiger partial charge in [-0.1, -0.05) is 6.07 Å². The molecule has 1 aliphatic rings. The number of benzene rings is 1. The zero-order chi connectivity index (χ0) is 19.7. The number of hydrogen-bond donors (Lipinski definition) is 1. The molecule has 0 spiro atoms. The molecular weight excluding hydrogens is 374 g/mol. The smallest absolute Gasteiger partial charge is 0.213 e. The number of nitrogens with zero attached hydrogens (tertiary/aromatic N) is 2. The number of methoxy groups -OCH3 is 1. The van der Waals surface area contributed by atoms with Crippen LogP contribution in [0.15, 0.2) is 42.7 Å². The van der Waals surface area contributed by atoms with Gasteiger partial charge in [0.15, 0.2) is 0 Å². The van der Waals surface area contributed by atoms with Gasteiger partial charge in [0.2, 0.25) is 15.9 Å². The fraction of sp³-hybridized carbons (Fsp3) is 0.381. The van der Waals surface area contributed by atoms with Gasteiger partial charge in [-0.15, -0.1) is 0 Å². The van der Waals surface area contributed by atoms with E-state index in [-0.39, 0.29) is 5.75 Å². The lowest BCUT2D eigenvalue weighted by Crippen LogP contribution is -2.38. The quantitative estimate of drug-likeness (QED) is 0.709. The highest BCUT2D eigenvalue weighted by molar-refractivity contribution is 7.89. The Morgan fingerprint density at radius 2 is 1.93 bits per heavy atom. The van der Waals surface area contributed by atoms with E-state index >= 15 is 0 Å². The van der Waals surface area contributed by atoms with Gasteiger partial charge in [-0.05, 0) is 55.0 Å². The molecule has 1 aliphatic heterocycles. The molecule has 0 atom stereocenters. The highest BCUT2D eigenvalue weighted by Gasteiger charge is 2.28. The van der Waals surface area contributed by atoms with Crippen molar-refractivity contribution in [1.29, 1.82) is 0 Å². The Morgan fingerprint density at radius 3 is 2.57 bits per heavy atom. The molecule has 0 bridgehead atoms. The van der Waals surface area contributed by atoms with E-state index in [1.54, 1.807) is 18.3 Å². The minimum absolute atomic E-state index is 0.171. The minimum atomic E-state index is -3.10. The first-order chi connectivity index (χ1) is 13.5. The first-order valence-corrected chi connectivity index (χ1v) is 11.2. The lowest BCUT2D eigenvalue weighted by atomic mass is 9.89. The maximum Gasteiger partial charge on any atom is 0.213 e. The van der Waals surface area contributed by atoms with E-state index in [0.717, 1.165) is 29.5 Å². The van der Waals surface area contributed by atoms with Crippen molar-refractivity contribution >= 4 is 20.9 Å². The van der Waals surface area contributed by atoms with Gasteiger partial charge >= 0.3 is 0 Å². The molecule has 0 saturated carbocycles. The number of H-pyrrole nitrogens is 1. The van der Waals surface area contributed by atoms with E-state index < -0.39 is 10.0 Å². The van der Waals surface area contributed by atoms with Crippen molar-refractivity contribution in [1.82, 2.24) is 14.3 Å². The molecule has 7 heteroatoms. The number of rotatable bonds is 5. The van der Waals surface area contributed by atoms with Crippen LogP contribution in [0.25, 0.3) is 22.0 Å². The van der Waals surface area contributed by atoms with Crippen molar-refractivity contribution in [2.75, 3.05) is 26.0 Å². The molecular formula is C21H25N3O3S. The van der Waals surface area contributed by atoms with Crippen LogP contribution in [0.4, 0.5) is 0 Å². The third-order valence-electron chi connectivity index (χ3n) is 5.64. The highest BCUT2D eigenvalue weighted by atomic mass is 32.2. The summed E-state index contributed by atoms with van der Waals surface area (Å²) in [5, 5.41) is 1.20. The van der Waals surface area contributed by atoms with Crippen LogP contribution in [0.1, 0.15) is 31.2 Å². The molecule has 3 aromatic rings. The van der Waals surface area contributed by atoms with Gasteiger partial charge < -0.3 is 9.72 Å². The van der Waals surface area contributed by atoms with Crippen LogP contribution < -0.4 is 4.74 Å². The number of nitrogens with one attached hydrogen (secondary N) is 1. The molecule has 1 aromatic carbocycles. The molecule has 28 heavy (non-hydrogen) atoms. The predicted octanol–water partition coefficient (Wildman–Crippen LogP) is 3.77. The maximum atomic E-state index is 12.1. The number of aromatic nitrogens is 2. The molecule has 2 aromatic heterocycles. The van der Waals surface area contributed by atoms with Crippen molar-refractivity contribution in [3.8, 4) is 17.0 Å². The largest absolute Gasteiger partial charge is 0.481 e. The summed E-state index contributed by atoms with van der Waals surface area (Å²) in [7, 11) is -1.49. The summed E-state index contributed by atoms with van der Waals surface area (Å²) < 4.78 is 31.0. The standard InChI is InChI=1S/C21H25N3O3S/c1-3-28(25,26)24-10-8-15(9-11-24)19-14-22-20-6-4-16(12-18(19)20)17-5-7-21(27-2)23-13-17/h4-7,12-15,22H,3,8-11H2,1-2H3. The Labute approximate surface area is 165 Å². The van der Waals surface area contributed by atoms with Crippen LogP contribution in [0.5, 0.6) is 5.88 Å². The molecule has 0 radical (unpaired) electrons. The van der Waals surface area contributed by atoms with Crippen LogP contribution in [0, 0.1) is 0 Å². The van der Waals surface area contributed by atoms with Crippen LogP contribution in [0.3, 0.4) is 0 Å². The average Bonchev–Trinajstić information content (AvgIpc) is 3.17. The number of piperidine rings is 1. The van der Waals surface area contributed by atoms with Gasteiger partial charge in [0, 0.05) is 48.0 Å². The van der Waals surface area contributed by atoms with Crippen LogP contribution in [-0.2, 0) is 10.0 Å². The Morgan fingerprint density at radius 1 is 1.18 bits per heavy atom. The van der Waals surface area contributed by atoms with Gasteiger partial charge in [0.25, 0.3) is 0 Å². The summed E-state index contributed by atoms with van der Waals surface area (Å²) in [6, 6.07) is 10.2. The summed E-state index contributed by atoms with van der Waals surface area (Å²) in [4.78, 5) is 7.67. The first kappa shape index (κ1) is 19.0. The fourth-order valence-corrected chi connectivity index (χ4v) is 5.09. The third kappa shape index (κ3) is 3.52. The third-order valence-corrected chi connectivity index (χ3v) is 7.53. The number of fused-ring (bicyclic) bond motifs is 1. The summed E-state index contributed by atoms with van der Waals surface area (Å²) in [5.74, 6) is 1.13. The Hall–Kier alpha value is -2.38. The number of sulfonamides is 1. The van der Waals surface area contributed by atoms with Crippen LogP contribution in [-0.4, -0.2) is 48.6 Å². The van der Waals surface area contributed by atoms with Gasteiger partial charge in [0.05, 0.1) is 12.9 Å². The Kier molecular flexibility index (Phi) is 5.12. The zero-order valence-electron chi connectivity index (χ0n) is 16.2. The van der Waals surface area contributed by atoms with Gasteiger partial charge in [-0.25, -0.2) is 17.7 Å². The monoisotopic (exact) mass is 399 g/mol. The number of aromatic amines is 1. The number of ether oxygens (including phenoxy) is 1. The van der Waals surface area contributed by atoms with E-state index in [1.807, 2.05) is 18.3 Å². The summed E-state index contributed by atoms with van der Waals surface area (Å²) in [5.41, 5.74) is 4.52. The van der Waals surface area contributed by atoms with Crippen molar-refractivity contribution in [3.05, 3.63) is 48.3 Å². The molecule has 0 unspecified atom stereocenters. The topological polar surface area (TPSA) is 75.3 Å². The normalized spacial score (nSPS) is 16.5. The van der Waals surface area contributed by atoms with E-state index in [2.05, 4.69) is 34.4 Å². The van der Waals surface area contributed by atoms with Crippen molar-refractivity contribution in [2.45, 2.75) is 25.7 Å². The number of pyridine rings is 1. The molecule has 3 heterocycles. The molecule has 0 aliphatic carbocycles. The zero-order valence-corrected chi connectivity index (χ0v) is 17.0. The average molecular weight is 400 g/mol. The summed E-state index contributed by atoms with van der Waals surface area (Å²) in [6.07, 6.45) is 5.59. The Balaban J connectivity index is 1.60. The van der Waals surface area contributed by atoms with Crippen molar-refractivity contribution in [2.24, 2.45) is 0 Å². The van der Waals surface area contributed by atoms with Gasteiger partial charge in [0.1, 0.15) is 0 Å². The van der Waals surface area contributed by atoms with Crippen molar-refractivity contribution in [3.63, 3.8) is 0 Å². The van der Waals surface area contributed by atoms with E-state index in [9.17, 15) is 8.42 Å². The lowest BCUT2D eigenvalue weighted by Gasteiger charge is -2.30. The molecule has 1 fully saturated rings. The highest BCUT2D eigenvalue weighted by Crippen LogP contribution is 2.35. The van der Waals surface area contributed by atoms with Gasteiger partial charge in [-0.2, -0.15) is 0 Å². The minimum Gasteiger partial charge on any atom is -0.481 e.